The fourth-order valence-corrected chi connectivity index (χ4v) is 2.89. The van der Waals surface area contributed by atoms with Gasteiger partial charge in [-0.2, -0.15) is 0 Å². The van der Waals surface area contributed by atoms with Crippen LogP contribution in [0, 0.1) is 5.92 Å². The summed E-state index contributed by atoms with van der Waals surface area (Å²) in [7, 11) is 1.72. The predicted octanol–water partition coefficient (Wildman–Crippen LogP) is 0.202. The van der Waals surface area contributed by atoms with E-state index < -0.39 is 0 Å². The van der Waals surface area contributed by atoms with Crippen LogP contribution in [0.15, 0.2) is 0 Å². The third kappa shape index (κ3) is 3.85. The first kappa shape index (κ1) is 15.1. The van der Waals surface area contributed by atoms with Crippen molar-refractivity contribution in [2.75, 3.05) is 52.9 Å². The molecule has 0 radical (unpaired) electrons. The van der Waals surface area contributed by atoms with Crippen LogP contribution in [0.3, 0.4) is 0 Å². The molecule has 0 aromatic rings. The van der Waals surface area contributed by atoms with Crippen LogP contribution in [0.1, 0.15) is 19.8 Å². The van der Waals surface area contributed by atoms with Gasteiger partial charge in [0.2, 0.25) is 5.91 Å². The number of likely N-dealkylation sites (N-methyl/N-ethyl adjacent to an activating group) is 1. The minimum absolute atomic E-state index is 0.0139. The Balaban J connectivity index is 1.82. The molecule has 2 aliphatic rings. The first-order chi connectivity index (χ1) is 9.58. The molecule has 1 unspecified atom stereocenters. The van der Waals surface area contributed by atoms with Crippen LogP contribution in [-0.4, -0.2) is 79.5 Å². The van der Waals surface area contributed by atoms with Crippen LogP contribution in [-0.2, 0) is 4.79 Å². The number of piperazine rings is 1. The van der Waals surface area contributed by atoms with Crippen molar-refractivity contribution in [3.05, 3.63) is 0 Å². The van der Waals surface area contributed by atoms with Gasteiger partial charge in [0.05, 0.1) is 0 Å². The summed E-state index contributed by atoms with van der Waals surface area (Å²) in [5.41, 5.74) is 0. The van der Waals surface area contributed by atoms with Crippen LogP contribution >= 0.6 is 0 Å². The molecule has 2 saturated heterocycles. The highest BCUT2D eigenvalue weighted by atomic mass is 16.2. The smallest absolute Gasteiger partial charge is 0.320 e. The van der Waals surface area contributed by atoms with Gasteiger partial charge in [-0.1, -0.05) is 6.92 Å². The zero-order valence-electron chi connectivity index (χ0n) is 12.6. The Morgan fingerprint density at radius 3 is 2.55 bits per heavy atom. The van der Waals surface area contributed by atoms with Gasteiger partial charge >= 0.3 is 6.03 Å². The van der Waals surface area contributed by atoms with Crippen molar-refractivity contribution in [3.63, 3.8) is 0 Å². The fourth-order valence-electron chi connectivity index (χ4n) is 2.89. The summed E-state index contributed by atoms with van der Waals surface area (Å²) >= 11 is 0. The van der Waals surface area contributed by atoms with Crippen molar-refractivity contribution in [1.82, 2.24) is 20.0 Å². The van der Waals surface area contributed by atoms with E-state index in [2.05, 4.69) is 12.2 Å². The number of hydrogen-bond donors (Lipinski definition) is 1. The molecular formula is C14H26N4O2. The fraction of sp³-hybridized carbons (Fsp3) is 0.857. The van der Waals surface area contributed by atoms with Gasteiger partial charge in [-0.15, -0.1) is 0 Å². The maximum absolute atomic E-state index is 12.3. The van der Waals surface area contributed by atoms with E-state index >= 15 is 0 Å². The molecule has 2 heterocycles. The largest absolute Gasteiger partial charge is 0.339 e. The zero-order valence-corrected chi connectivity index (χ0v) is 12.6. The molecule has 6 nitrogen and oxygen atoms in total. The average molecular weight is 282 g/mol. The molecule has 2 aliphatic heterocycles. The number of piperidine rings is 1. The van der Waals surface area contributed by atoms with E-state index in [4.69, 9.17) is 0 Å². The number of urea groups is 1. The second-order valence-corrected chi connectivity index (χ2v) is 5.96. The molecule has 0 spiro atoms. The van der Waals surface area contributed by atoms with E-state index in [0.717, 1.165) is 45.7 Å². The molecule has 0 aromatic carbocycles. The first-order valence-electron chi connectivity index (χ1n) is 7.56. The highest BCUT2D eigenvalue weighted by Gasteiger charge is 2.26. The number of nitrogens with zero attached hydrogens (tertiary/aromatic N) is 3. The van der Waals surface area contributed by atoms with Gasteiger partial charge in [0.15, 0.2) is 0 Å². The first-order valence-corrected chi connectivity index (χ1v) is 7.56. The zero-order chi connectivity index (χ0) is 14.5. The molecule has 6 heteroatoms. The van der Waals surface area contributed by atoms with Gasteiger partial charge in [0, 0.05) is 46.3 Å². The summed E-state index contributed by atoms with van der Waals surface area (Å²) in [6, 6.07) is -0.0139. The molecule has 20 heavy (non-hydrogen) atoms. The van der Waals surface area contributed by atoms with E-state index in [0.29, 0.717) is 5.92 Å². The van der Waals surface area contributed by atoms with Gasteiger partial charge < -0.3 is 20.0 Å². The van der Waals surface area contributed by atoms with Gasteiger partial charge in [-0.3, -0.25) is 4.79 Å². The molecule has 0 aromatic heterocycles. The second-order valence-electron chi connectivity index (χ2n) is 5.96. The lowest BCUT2D eigenvalue weighted by atomic mass is 10.0. The van der Waals surface area contributed by atoms with Gasteiger partial charge in [0.1, 0.15) is 6.54 Å². The standard InChI is InChI=1S/C14H26N4O2/c1-12-4-3-7-18(10-12)14(20)16(2)11-13(19)17-8-5-15-6-9-17/h12,15H,3-11H2,1-2H3. The number of hydrogen-bond acceptors (Lipinski definition) is 3. The molecule has 2 fully saturated rings. The number of nitrogens with one attached hydrogen (secondary N) is 1. The Hall–Kier alpha value is -1.30. The Kier molecular flexibility index (Phi) is 5.23. The van der Waals surface area contributed by atoms with Crippen molar-refractivity contribution in [2.45, 2.75) is 19.8 Å². The van der Waals surface area contributed by atoms with Crippen molar-refractivity contribution >= 4 is 11.9 Å². The van der Waals surface area contributed by atoms with E-state index in [1.165, 1.54) is 6.42 Å². The lowest BCUT2D eigenvalue weighted by Gasteiger charge is -2.35. The van der Waals surface area contributed by atoms with E-state index in [1.54, 1.807) is 11.9 Å². The van der Waals surface area contributed by atoms with Crippen LogP contribution in [0.25, 0.3) is 0 Å². The average Bonchev–Trinajstić information content (AvgIpc) is 2.47. The molecule has 114 valence electrons. The van der Waals surface area contributed by atoms with Crippen molar-refractivity contribution in [2.24, 2.45) is 5.92 Å². The summed E-state index contributed by atoms with van der Waals surface area (Å²) < 4.78 is 0. The molecule has 1 atom stereocenters. The third-order valence-electron chi connectivity index (χ3n) is 4.10. The van der Waals surface area contributed by atoms with Crippen LogP contribution < -0.4 is 5.32 Å². The van der Waals surface area contributed by atoms with E-state index in [1.807, 2.05) is 9.80 Å². The lowest BCUT2D eigenvalue weighted by molar-refractivity contribution is -0.132. The summed E-state index contributed by atoms with van der Waals surface area (Å²) in [6.07, 6.45) is 2.25. The Bertz CT molecular complexity index is 355. The highest BCUT2D eigenvalue weighted by molar-refractivity contribution is 5.84. The summed E-state index contributed by atoms with van der Waals surface area (Å²) in [6.45, 7) is 7.14. The Labute approximate surface area is 121 Å². The van der Waals surface area contributed by atoms with Crippen LogP contribution in [0.2, 0.25) is 0 Å². The van der Waals surface area contributed by atoms with Crippen LogP contribution in [0.5, 0.6) is 0 Å². The third-order valence-corrected chi connectivity index (χ3v) is 4.10. The molecule has 2 rings (SSSR count). The number of amides is 3. The topological polar surface area (TPSA) is 55.9 Å². The monoisotopic (exact) mass is 282 g/mol. The second kappa shape index (κ2) is 6.92. The predicted molar refractivity (Wildman–Crippen MR) is 77.4 cm³/mol. The highest BCUT2D eigenvalue weighted by Crippen LogP contribution is 2.16. The maximum atomic E-state index is 12.3. The van der Waals surface area contributed by atoms with Gasteiger partial charge in [-0.05, 0) is 18.8 Å². The Morgan fingerprint density at radius 1 is 1.20 bits per heavy atom. The minimum Gasteiger partial charge on any atom is -0.339 e. The van der Waals surface area contributed by atoms with E-state index in [-0.39, 0.29) is 18.5 Å². The maximum Gasteiger partial charge on any atom is 0.320 e. The van der Waals surface area contributed by atoms with Gasteiger partial charge in [-0.25, -0.2) is 4.79 Å². The molecule has 0 bridgehead atoms. The summed E-state index contributed by atoms with van der Waals surface area (Å²) in [5.74, 6) is 0.609. The molecule has 0 saturated carbocycles. The number of carbonyl (C=O) groups is 2. The minimum atomic E-state index is -0.0139. The quantitative estimate of drug-likeness (QED) is 0.787. The Morgan fingerprint density at radius 2 is 1.90 bits per heavy atom. The van der Waals surface area contributed by atoms with Crippen LogP contribution in [0.4, 0.5) is 4.79 Å². The molecular weight excluding hydrogens is 256 g/mol. The lowest BCUT2D eigenvalue weighted by Crippen LogP contribution is -2.52. The summed E-state index contributed by atoms with van der Waals surface area (Å²) in [4.78, 5) is 29.7. The van der Waals surface area contributed by atoms with Crippen molar-refractivity contribution in [3.8, 4) is 0 Å². The van der Waals surface area contributed by atoms with E-state index in [9.17, 15) is 9.59 Å². The number of carbonyl (C=O) groups excluding carboxylic acids is 2. The number of rotatable bonds is 2. The molecule has 3 amide bonds. The van der Waals surface area contributed by atoms with Crippen molar-refractivity contribution in [1.29, 1.82) is 0 Å². The normalized spacial score (nSPS) is 23.6. The molecule has 0 aliphatic carbocycles. The van der Waals surface area contributed by atoms with Crippen molar-refractivity contribution < 1.29 is 9.59 Å². The SMILES string of the molecule is CC1CCCN(C(=O)N(C)CC(=O)N2CCNCC2)C1. The summed E-state index contributed by atoms with van der Waals surface area (Å²) in [5, 5.41) is 3.22. The molecule has 1 N–H and O–H groups in total. The number of likely N-dealkylation sites (tertiary alicyclic amines) is 1. The van der Waals surface area contributed by atoms with Gasteiger partial charge in [0.25, 0.3) is 0 Å².